The van der Waals surface area contributed by atoms with Gasteiger partial charge in [-0.05, 0) is 64.8 Å². The predicted octanol–water partition coefficient (Wildman–Crippen LogP) is 5.07. The number of halogens is 2. The van der Waals surface area contributed by atoms with Gasteiger partial charge in [0.1, 0.15) is 17.6 Å². The van der Waals surface area contributed by atoms with Crippen LogP contribution in [-0.4, -0.2) is 0 Å². The van der Waals surface area contributed by atoms with E-state index < -0.39 is 0 Å². The molecule has 0 fully saturated rings. The van der Waals surface area contributed by atoms with Crippen molar-refractivity contribution in [3.63, 3.8) is 0 Å². The zero-order chi connectivity index (χ0) is 13.1. The molecule has 0 amide bonds. The summed E-state index contributed by atoms with van der Waals surface area (Å²) >= 11 is 9.15. The second kappa shape index (κ2) is 5.43. The molecule has 0 aliphatic rings. The summed E-state index contributed by atoms with van der Waals surface area (Å²) in [6, 6.07) is 12.8. The van der Waals surface area contributed by atoms with Crippen LogP contribution in [0.25, 0.3) is 0 Å². The van der Waals surface area contributed by atoms with E-state index in [4.69, 9.17) is 21.6 Å². The van der Waals surface area contributed by atoms with Gasteiger partial charge in [-0.2, -0.15) is 5.26 Å². The molecule has 0 bridgehead atoms. The average Bonchev–Trinajstić information content (AvgIpc) is 2.36. The lowest BCUT2D eigenvalue weighted by molar-refractivity contribution is 0.478. The molecule has 0 atom stereocenters. The Balaban J connectivity index is 2.32. The van der Waals surface area contributed by atoms with Crippen LogP contribution in [0.15, 0.2) is 40.9 Å². The van der Waals surface area contributed by atoms with E-state index in [-0.39, 0.29) is 0 Å². The molecule has 4 heteroatoms. The van der Waals surface area contributed by atoms with Crippen molar-refractivity contribution in [2.24, 2.45) is 0 Å². The van der Waals surface area contributed by atoms with Gasteiger partial charge in [0.15, 0.2) is 0 Å². The summed E-state index contributed by atoms with van der Waals surface area (Å²) < 4.78 is 6.47. The van der Waals surface area contributed by atoms with Crippen molar-refractivity contribution in [1.29, 1.82) is 5.26 Å². The van der Waals surface area contributed by atoms with Gasteiger partial charge in [0, 0.05) is 9.50 Å². The lowest BCUT2D eigenvalue weighted by Crippen LogP contribution is -1.89. The number of benzene rings is 2. The van der Waals surface area contributed by atoms with Crippen LogP contribution in [0.3, 0.4) is 0 Å². The van der Waals surface area contributed by atoms with E-state index in [1.54, 1.807) is 36.4 Å². The Hall–Kier alpha value is -1.50. The third-order valence-electron chi connectivity index (χ3n) is 2.43. The summed E-state index contributed by atoms with van der Waals surface area (Å²) in [6.45, 7) is 1.90. The van der Waals surface area contributed by atoms with Crippen LogP contribution in [0.2, 0.25) is 5.02 Å². The van der Waals surface area contributed by atoms with Gasteiger partial charge in [0.25, 0.3) is 0 Å². The number of rotatable bonds is 2. The molecule has 2 aromatic carbocycles. The number of hydrogen-bond acceptors (Lipinski definition) is 2. The lowest BCUT2D eigenvalue weighted by atomic mass is 10.1. The molecule has 2 rings (SSSR count). The third-order valence-corrected chi connectivity index (χ3v) is 3.33. The molecule has 0 spiro atoms. The number of hydrogen-bond donors (Lipinski definition) is 0. The minimum Gasteiger partial charge on any atom is -0.457 e. The number of nitrogens with zero attached hydrogens (tertiary/aromatic N) is 1. The second-order valence-electron chi connectivity index (χ2n) is 3.77. The maximum absolute atomic E-state index is 8.92. The van der Waals surface area contributed by atoms with Gasteiger partial charge >= 0.3 is 0 Å². The summed E-state index contributed by atoms with van der Waals surface area (Å²) in [5, 5.41) is 9.59. The van der Waals surface area contributed by atoms with Crippen molar-refractivity contribution < 1.29 is 4.74 Å². The molecular weight excluding hydrogens is 314 g/mol. The van der Waals surface area contributed by atoms with E-state index >= 15 is 0 Å². The molecule has 2 nitrogen and oxygen atoms in total. The number of nitriles is 1. The van der Waals surface area contributed by atoms with Crippen molar-refractivity contribution in [1.82, 2.24) is 0 Å². The van der Waals surface area contributed by atoms with Crippen LogP contribution in [0, 0.1) is 18.3 Å². The van der Waals surface area contributed by atoms with Gasteiger partial charge in [-0.3, -0.25) is 0 Å². The van der Waals surface area contributed by atoms with E-state index in [9.17, 15) is 0 Å². The smallest absolute Gasteiger partial charge is 0.131 e. The van der Waals surface area contributed by atoms with Gasteiger partial charge in [0.2, 0.25) is 0 Å². The topological polar surface area (TPSA) is 33.0 Å². The highest BCUT2D eigenvalue weighted by Gasteiger charge is 2.07. The first-order chi connectivity index (χ1) is 8.60. The Bertz CT molecular complexity index is 617. The van der Waals surface area contributed by atoms with Crippen LogP contribution in [0.1, 0.15) is 11.1 Å². The third kappa shape index (κ3) is 2.84. The Morgan fingerprint density at radius 1 is 1.22 bits per heavy atom. The highest BCUT2D eigenvalue weighted by molar-refractivity contribution is 9.10. The molecule has 0 aliphatic carbocycles. The van der Waals surface area contributed by atoms with Crippen molar-refractivity contribution in [3.05, 3.63) is 57.0 Å². The van der Waals surface area contributed by atoms with Crippen LogP contribution >= 0.6 is 27.5 Å². The Morgan fingerprint density at radius 3 is 2.50 bits per heavy atom. The molecular formula is C14H9BrClNO. The second-order valence-corrected chi connectivity index (χ2v) is 5.06. The first-order valence-corrected chi connectivity index (χ1v) is 6.41. The minimum absolute atomic E-state index is 0.593. The lowest BCUT2D eigenvalue weighted by Gasteiger charge is -2.10. The van der Waals surface area contributed by atoms with Crippen molar-refractivity contribution >= 4 is 27.5 Å². The maximum Gasteiger partial charge on any atom is 0.131 e. The Kier molecular flexibility index (Phi) is 3.90. The molecule has 0 unspecified atom stereocenters. The fraction of sp³-hybridized carbons (Fsp3) is 0.0714. The van der Waals surface area contributed by atoms with Crippen molar-refractivity contribution in [2.45, 2.75) is 6.92 Å². The maximum atomic E-state index is 8.92. The van der Waals surface area contributed by atoms with Gasteiger partial charge in [-0.15, -0.1) is 0 Å². The fourth-order valence-corrected chi connectivity index (χ4v) is 2.03. The van der Waals surface area contributed by atoms with Crippen LogP contribution < -0.4 is 4.74 Å². The molecule has 0 radical (unpaired) electrons. The van der Waals surface area contributed by atoms with Crippen molar-refractivity contribution in [2.75, 3.05) is 0 Å². The van der Waals surface area contributed by atoms with Gasteiger partial charge < -0.3 is 4.74 Å². The monoisotopic (exact) mass is 321 g/mol. The van der Waals surface area contributed by atoms with E-state index in [1.165, 1.54) is 0 Å². The molecule has 0 heterocycles. The zero-order valence-corrected chi connectivity index (χ0v) is 11.9. The van der Waals surface area contributed by atoms with Gasteiger partial charge in [0.05, 0.1) is 5.56 Å². The number of ether oxygens (including phenoxy) is 1. The molecule has 0 saturated carbocycles. The van der Waals surface area contributed by atoms with Crippen molar-refractivity contribution in [3.8, 4) is 17.6 Å². The van der Waals surface area contributed by atoms with Crippen LogP contribution in [0.4, 0.5) is 0 Å². The van der Waals surface area contributed by atoms with E-state index in [2.05, 4.69) is 22.0 Å². The van der Waals surface area contributed by atoms with E-state index in [1.807, 2.05) is 6.92 Å². The molecule has 90 valence electrons. The molecule has 0 aromatic heterocycles. The molecule has 0 N–H and O–H groups in total. The zero-order valence-electron chi connectivity index (χ0n) is 9.58. The summed E-state index contributed by atoms with van der Waals surface area (Å²) in [7, 11) is 0. The van der Waals surface area contributed by atoms with Crippen LogP contribution in [-0.2, 0) is 0 Å². The van der Waals surface area contributed by atoms with Crippen LogP contribution in [0.5, 0.6) is 11.5 Å². The highest BCUT2D eigenvalue weighted by Crippen LogP contribution is 2.30. The normalized spacial score (nSPS) is 9.89. The molecule has 0 aliphatic heterocycles. The Labute approximate surface area is 119 Å². The summed E-state index contributed by atoms with van der Waals surface area (Å²) in [5.74, 6) is 1.42. The van der Waals surface area contributed by atoms with E-state index in [0.29, 0.717) is 22.1 Å². The molecule has 18 heavy (non-hydrogen) atoms. The standard InChI is InChI=1S/C14H9BrClNO/c1-9-6-10(8-17)13(15)7-14(9)18-12-4-2-11(16)3-5-12/h2-7H,1H3. The molecule has 0 saturated heterocycles. The quantitative estimate of drug-likeness (QED) is 0.773. The fourth-order valence-electron chi connectivity index (χ4n) is 1.49. The molecule has 2 aromatic rings. The summed E-state index contributed by atoms with van der Waals surface area (Å²) in [4.78, 5) is 0. The largest absolute Gasteiger partial charge is 0.457 e. The highest BCUT2D eigenvalue weighted by atomic mass is 79.9. The SMILES string of the molecule is Cc1cc(C#N)c(Br)cc1Oc1ccc(Cl)cc1. The first kappa shape index (κ1) is 12.9. The first-order valence-electron chi connectivity index (χ1n) is 5.24. The van der Waals surface area contributed by atoms with Gasteiger partial charge in [-0.1, -0.05) is 11.6 Å². The predicted molar refractivity (Wildman–Crippen MR) is 75.1 cm³/mol. The number of aryl methyl sites for hydroxylation is 1. The summed E-state index contributed by atoms with van der Waals surface area (Å²) in [6.07, 6.45) is 0. The van der Waals surface area contributed by atoms with Gasteiger partial charge in [-0.25, -0.2) is 0 Å². The minimum atomic E-state index is 0.593. The Morgan fingerprint density at radius 2 is 1.89 bits per heavy atom. The van der Waals surface area contributed by atoms with E-state index in [0.717, 1.165) is 10.0 Å². The summed E-state index contributed by atoms with van der Waals surface area (Å²) in [5.41, 5.74) is 1.50. The average molecular weight is 323 g/mol.